The first-order valence-electron chi connectivity index (χ1n) is 20.8. The highest BCUT2D eigenvalue weighted by Gasteiger charge is 2.52. The van der Waals surface area contributed by atoms with E-state index < -0.39 is 60.7 Å². The topological polar surface area (TPSA) is 187 Å². The van der Waals surface area contributed by atoms with Crippen molar-refractivity contribution in [1.82, 2.24) is 4.90 Å². The van der Waals surface area contributed by atoms with E-state index in [1.807, 2.05) is 54.6 Å². The van der Waals surface area contributed by atoms with Crippen molar-refractivity contribution in [3.8, 4) is 11.5 Å². The summed E-state index contributed by atoms with van der Waals surface area (Å²) in [6.45, 7) is 8.61. The van der Waals surface area contributed by atoms with Crippen LogP contribution in [0.3, 0.4) is 0 Å². The minimum absolute atomic E-state index is 0.0435. The molecular weight excluding hydrogens is 837 g/mol. The number of carbonyl (C=O) groups is 4. The number of thiocarbonyl (C=S) groups is 1. The first-order valence-corrected chi connectivity index (χ1v) is 21.2. The van der Waals surface area contributed by atoms with E-state index in [2.05, 4.69) is 23.2 Å². The molecule has 2 saturated heterocycles. The van der Waals surface area contributed by atoms with Gasteiger partial charge in [-0.15, -0.1) is 0 Å². The van der Waals surface area contributed by atoms with Crippen molar-refractivity contribution in [2.24, 2.45) is 5.92 Å². The molecule has 16 nitrogen and oxygen atoms in total. The molecule has 3 aromatic rings. The Morgan fingerprint density at radius 1 is 0.762 bits per heavy atom. The number of anilines is 1. The Morgan fingerprint density at radius 2 is 1.40 bits per heavy atom. The van der Waals surface area contributed by atoms with Crippen molar-refractivity contribution in [1.29, 1.82) is 0 Å². The van der Waals surface area contributed by atoms with Crippen LogP contribution in [0, 0.1) is 5.92 Å². The molecule has 9 unspecified atom stereocenters. The molecule has 2 N–H and O–H groups in total. The number of aliphatic hydroxyl groups excluding tert-OH is 1. The van der Waals surface area contributed by atoms with Gasteiger partial charge in [0, 0.05) is 70.9 Å². The van der Waals surface area contributed by atoms with Crippen LogP contribution in [-0.2, 0) is 71.9 Å². The number of aliphatic hydroxyl groups is 1. The highest BCUT2D eigenvalue weighted by atomic mass is 32.1. The second-order valence-corrected chi connectivity index (χ2v) is 16.4. The summed E-state index contributed by atoms with van der Waals surface area (Å²) in [7, 11) is 3.27. The fourth-order valence-corrected chi connectivity index (χ4v) is 8.60. The van der Waals surface area contributed by atoms with E-state index in [9.17, 15) is 24.3 Å². The first-order chi connectivity index (χ1) is 30.1. The summed E-state index contributed by atoms with van der Waals surface area (Å²) in [5.74, 6) is -1.42. The smallest absolute Gasteiger partial charge is 0.303 e. The number of carbonyl (C=O) groups excluding carboxylic acids is 4. The lowest BCUT2D eigenvalue weighted by molar-refractivity contribution is -0.276. The van der Waals surface area contributed by atoms with E-state index in [0.717, 1.165) is 36.6 Å². The molecular formula is C46H56N2O14S. The number of rotatable bonds is 15. The molecule has 0 saturated carbocycles. The Labute approximate surface area is 372 Å². The molecule has 0 radical (unpaired) electrons. The van der Waals surface area contributed by atoms with Crippen molar-refractivity contribution in [2.45, 2.75) is 110 Å². The van der Waals surface area contributed by atoms with Gasteiger partial charge in [-0.05, 0) is 52.9 Å². The zero-order valence-electron chi connectivity index (χ0n) is 36.5. The summed E-state index contributed by atoms with van der Waals surface area (Å²) < 4.78 is 53.0. The van der Waals surface area contributed by atoms with Crippen molar-refractivity contribution in [3.63, 3.8) is 0 Å². The number of ether oxygens (including phenoxy) is 9. The zero-order valence-corrected chi connectivity index (χ0v) is 37.3. The third-order valence-electron chi connectivity index (χ3n) is 11.3. The number of fused-ring (bicyclic) bond motifs is 1. The first kappa shape index (κ1) is 47.3. The molecule has 3 aliphatic heterocycles. The molecule has 2 fully saturated rings. The summed E-state index contributed by atoms with van der Waals surface area (Å²) in [5, 5.41) is 13.0. The molecule has 0 amide bonds. The predicted molar refractivity (Wildman–Crippen MR) is 231 cm³/mol. The van der Waals surface area contributed by atoms with E-state index in [4.69, 9.17) is 54.8 Å². The van der Waals surface area contributed by atoms with Gasteiger partial charge in [0.15, 0.2) is 36.1 Å². The van der Waals surface area contributed by atoms with Crippen LogP contribution < -0.4 is 14.8 Å². The fraction of sp³-hybridized carbons (Fsp3) is 0.500. The Bertz CT molecular complexity index is 2120. The van der Waals surface area contributed by atoms with Crippen LogP contribution in [0.1, 0.15) is 81.3 Å². The van der Waals surface area contributed by atoms with Crippen LogP contribution in [0.5, 0.6) is 11.5 Å². The lowest BCUT2D eigenvalue weighted by Crippen LogP contribution is -2.62. The van der Waals surface area contributed by atoms with Crippen molar-refractivity contribution >= 4 is 46.8 Å². The second kappa shape index (κ2) is 21.5. The third kappa shape index (κ3) is 12.1. The minimum atomic E-state index is -1.31. The third-order valence-corrected chi connectivity index (χ3v) is 11.5. The summed E-state index contributed by atoms with van der Waals surface area (Å²) >= 11 is 5.83. The van der Waals surface area contributed by atoms with Crippen LogP contribution in [0.2, 0.25) is 0 Å². The SMILES string of the molecule is COc1cc2c(cc1OC)CN(CC1OC(c3cccc(NC(=S)CC4OC(COC(C)=O)C(OC(C)=O)C(OC(C)=O)C4OC(C)=O)c3)OC(c3ccc(CO)cc3)C1C)CC2. The summed E-state index contributed by atoms with van der Waals surface area (Å²) in [6.07, 6.45) is -6.52. The summed E-state index contributed by atoms with van der Waals surface area (Å²) in [5.41, 5.74) is 5.48. The number of hydrogen-bond acceptors (Lipinski definition) is 16. The van der Waals surface area contributed by atoms with E-state index in [1.54, 1.807) is 14.2 Å². The van der Waals surface area contributed by atoms with Crippen LogP contribution in [0.15, 0.2) is 60.7 Å². The lowest BCUT2D eigenvalue weighted by atomic mass is 9.89. The molecule has 0 spiro atoms. The molecule has 0 bridgehead atoms. The van der Waals surface area contributed by atoms with E-state index in [0.29, 0.717) is 30.3 Å². The van der Waals surface area contributed by atoms with E-state index >= 15 is 0 Å². The molecule has 0 aliphatic carbocycles. The number of hydrogen-bond donors (Lipinski definition) is 2. The van der Waals surface area contributed by atoms with Crippen LogP contribution in [0.4, 0.5) is 5.69 Å². The maximum atomic E-state index is 12.4. The highest BCUT2D eigenvalue weighted by molar-refractivity contribution is 7.80. The predicted octanol–water partition coefficient (Wildman–Crippen LogP) is 5.30. The van der Waals surface area contributed by atoms with Gasteiger partial charge >= 0.3 is 23.9 Å². The molecule has 63 heavy (non-hydrogen) atoms. The van der Waals surface area contributed by atoms with Gasteiger partial charge in [0.25, 0.3) is 0 Å². The van der Waals surface area contributed by atoms with Crippen LogP contribution in [0.25, 0.3) is 0 Å². The monoisotopic (exact) mass is 892 g/mol. The number of nitrogens with one attached hydrogen (secondary N) is 1. The molecule has 340 valence electrons. The lowest BCUT2D eigenvalue weighted by Gasteiger charge is -2.44. The van der Waals surface area contributed by atoms with E-state index in [1.165, 1.54) is 31.9 Å². The van der Waals surface area contributed by atoms with Gasteiger partial charge in [-0.1, -0.05) is 55.5 Å². The zero-order chi connectivity index (χ0) is 45.4. The van der Waals surface area contributed by atoms with Crippen molar-refractivity contribution in [3.05, 3.63) is 88.5 Å². The molecule has 3 heterocycles. The molecule has 3 aliphatic rings. The van der Waals surface area contributed by atoms with Gasteiger partial charge in [-0.25, -0.2) is 0 Å². The molecule has 6 rings (SSSR count). The van der Waals surface area contributed by atoms with Crippen molar-refractivity contribution in [2.75, 3.05) is 39.2 Å². The Balaban J connectivity index is 1.22. The minimum Gasteiger partial charge on any atom is -0.493 e. The van der Waals surface area contributed by atoms with Crippen LogP contribution in [-0.4, -0.2) is 109 Å². The van der Waals surface area contributed by atoms with E-state index in [-0.39, 0.29) is 42.7 Å². The highest BCUT2D eigenvalue weighted by Crippen LogP contribution is 2.43. The van der Waals surface area contributed by atoms with Crippen LogP contribution >= 0.6 is 12.2 Å². The largest absolute Gasteiger partial charge is 0.493 e. The van der Waals surface area contributed by atoms with Gasteiger partial charge in [0.05, 0.1) is 38.0 Å². The number of methoxy groups -OCH3 is 2. The fourth-order valence-electron chi connectivity index (χ4n) is 8.32. The van der Waals surface area contributed by atoms with Crippen molar-refractivity contribution < 1.29 is 66.9 Å². The Morgan fingerprint density at radius 3 is 2.02 bits per heavy atom. The standard InChI is InChI=1S/C46H56N2O14S/c1-25-39(22-48-16-15-32-18-36(54-6)37(55-7)19-34(32)21-48)61-46(62-42(25)31-13-11-30(23-49)12-14-31)33-9-8-10-35(17-33)47-41(63)20-38-43(57-27(3)51)45(59-29(5)53)44(58-28(4)52)40(60-38)24-56-26(2)50/h8-14,17-19,25,38-40,42-46,49H,15-16,20-24H2,1-7H3,(H,47,63). The normalized spacial score (nSPS) is 25.7. The summed E-state index contributed by atoms with van der Waals surface area (Å²) in [4.78, 5) is 51.3. The molecule has 17 heteroatoms. The number of benzene rings is 3. The van der Waals surface area contributed by atoms with Gasteiger partial charge in [0.1, 0.15) is 18.8 Å². The maximum Gasteiger partial charge on any atom is 0.303 e. The molecule has 0 aromatic heterocycles. The molecule has 9 atom stereocenters. The maximum absolute atomic E-state index is 12.4. The Hall–Kier alpha value is -5.17. The Kier molecular flexibility index (Phi) is 16.1. The van der Waals surface area contributed by atoms with Gasteiger partial charge in [0.2, 0.25) is 0 Å². The van der Waals surface area contributed by atoms with Gasteiger partial charge < -0.3 is 53.1 Å². The second-order valence-electron chi connectivity index (χ2n) is 15.9. The number of esters is 4. The average molecular weight is 893 g/mol. The molecule has 3 aromatic carbocycles. The van der Waals surface area contributed by atoms with Gasteiger partial charge in [-0.3, -0.25) is 24.1 Å². The summed E-state index contributed by atoms with van der Waals surface area (Å²) in [6, 6.07) is 19.3. The van der Waals surface area contributed by atoms with Gasteiger partial charge in [-0.2, -0.15) is 0 Å². The average Bonchev–Trinajstić information content (AvgIpc) is 3.24. The quantitative estimate of drug-likeness (QED) is 0.114. The number of nitrogens with zero attached hydrogens (tertiary/aromatic N) is 1.